The largest absolute Gasteiger partial charge is 0.507 e. The van der Waals surface area contributed by atoms with Crippen molar-refractivity contribution in [2.45, 2.75) is 0 Å². The smallest absolute Gasteiger partial charge is 0.339 e. The summed E-state index contributed by atoms with van der Waals surface area (Å²) in [6, 6.07) is 13.0. The maximum atomic E-state index is 14.3. The van der Waals surface area contributed by atoms with Crippen LogP contribution in [0.3, 0.4) is 0 Å². The number of rotatable bonds is 6. The molecule has 0 unspecified atom stereocenters. The van der Waals surface area contributed by atoms with Crippen molar-refractivity contribution in [1.29, 1.82) is 0 Å². The van der Waals surface area contributed by atoms with Gasteiger partial charge in [-0.15, -0.1) is 0 Å². The molecule has 0 saturated carbocycles. The van der Waals surface area contributed by atoms with Crippen LogP contribution in [0, 0.1) is 5.82 Å². The van der Waals surface area contributed by atoms with E-state index in [1.807, 2.05) is 0 Å². The standard InChI is InChI=1S/C22H14FN7O5/c23-12-3-1-2-4-13(12)25-19-18(26-20-21(27-19)30-35-29-20)17(28-24)16-8-7-15(34-16)10-5-6-14(31)11(9-10)22(32)33/h1-9,31H,24H2,(H,32,33)(H,25,27,30)/b28-17+. The molecule has 0 bridgehead atoms. The zero-order chi connectivity index (χ0) is 24.5. The number of para-hydroxylation sites is 1. The van der Waals surface area contributed by atoms with E-state index < -0.39 is 11.8 Å². The predicted octanol–water partition coefficient (Wildman–Crippen LogP) is 3.27. The van der Waals surface area contributed by atoms with Gasteiger partial charge in [0.1, 0.15) is 28.6 Å². The molecule has 5 N–H and O–H groups in total. The second kappa shape index (κ2) is 8.55. The fraction of sp³-hybridized carbons (Fsp3) is 0. The minimum absolute atomic E-state index is 0.0322. The molecule has 35 heavy (non-hydrogen) atoms. The molecule has 0 aliphatic rings. The molecule has 174 valence electrons. The average molecular weight is 475 g/mol. The topological polar surface area (TPSA) is 186 Å². The van der Waals surface area contributed by atoms with Crippen LogP contribution in [0.4, 0.5) is 15.9 Å². The fourth-order valence-electron chi connectivity index (χ4n) is 3.30. The third-order valence-electron chi connectivity index (χ3n) is 4.95. The molecule has 0 atom stereocenters. The molecule has 5 rings (SSSR count). The van der Waals surface area contributed by atoms with E-state index >= 15 is 0 Å². The van der Waals surface area contributed by atoms with Crippen molar-refractivity contribution in [2.75, 3.05) is 5.32 Å². The Labute approximate surface area is 194 Å². The highest BCUT2D eigenvalue weighted by molar-refractivity contribution is 6.13. The lowest BCUT2D eigenvalue weighted by atomic mass is 10.1. The highest BCUT2D eigenvalue weighted by Crippen LogP contribution is 2.30. The van der Waals surface area contributed by atoms with Crippen LogP contribution in [0.15, 0.2) is 68.7 Å². The molecule has 12 nitrogen and oxygen atoms in total. The number of carbonyl (C=O) groups is 1. The number of phenols is 1. The summed E-state index contributed by atoms with van der Waals surface area (Å²) in [7, 11) is 0. The molecule has 0 spiro atoms. The van der Waals surface area contributed by atoms with Gasteiger partial charge in [-0.05, 0) is 52.8 Å². The van der Waals surface area contributed by atoms with Gasteiger partial charge in [-0.3, -0.25) is 0 Å². The number of nitrogens with zero attached hydrogens (tertiary/aromatic N) is 5. The summed E-state index contributed by atoms with van der Waals surface area (Å²) in [5, 5.41) is 33.0. The molecule has 0 amide bonds. The van der Waals surface area contributed by atoms with E-state index in [0.717, 1.165) is 0 Å². The second-order valence-corrected chi connectivity index (χ2v) is 7.12. The predicted molar refractivity (Wildman–Crippen MR) is 120 cm³/mol. The number of hydrogen-bond donors (Lipinski definition) is 4. The molecule has 3 aromatic heterocycles. The van der Waals surface area contributed by atoms with Crippen LogP contribution in [0.1, 0.15) is 21.8 Å². The Morgan fingerprint density at radius 3 is 2.57 bits per heavy atom. The summed E-state index contributed by atoms with van der Waals surface area (Å²) < 4.78 is 24.8. The zero-order valence-corrected chi connectivity index (χ0v) is 17.5. The summed E-state index contributed by atoms with van der Waals surface area (Å²) in [6.45, 7) is 0. The van der Waals surface area contributed by atoms with Gasteiger partial charge in [0.2, 0.25) is 11.3 Å². The second-order valence-electron chi connectivity index (χ2n) is 7.12. The monoisotopic (exact) mass is 475 g/mol. The highest BCUT2D eigenvalue weighted by Gasteiger charge is 2.23. The number of hydrazone groups is 1. The molecule has 0 fully saturated rings. The third kappa shape index (κ3) is 3.97. The molecule has 0 aliphatic carbocycles. The fourth-order valence-corrected chi connectivity index (χ4v) is 3.30. The van der Waals surface area contributed by atoms with Gasteiger partial charge in [0, 0.05) is 5.56 Å². The van der Waals surface area contributed by atoms with Gasteiger partial charge in [-0.2, -0.15) is 5.10 Å². The van der Waals surface area contributed by atoms with Crippen molar-refractivity contribution in [2.24, 2.45) is 10.9 Å². The maximum Gasteiger partial charge on any atom is 0.339 e. The van der Waals surface area contributed by atoms with Crippen LogP contribution >= 0.6 is 0 Å². The number of aromatic nitrogens is 4. The van der Waals surface area contributed by atoms with Gasteiger partial charge in [0.25, 0.3) is 0 Å². The number of halogens is 1. The van der Waals surface area contributed by atoms with Gasteiger partial charge in [0.05, 0.1) is 5.69 Å². The molecule has 0 radical (unpaired) electrons. The molecule has 5 aromatic rings. The normalized spacial score (nSPS) is 11.6. The molecule has 0 saturated heterocycles. The number of furan rings is 1. The number of carboxylic acids is 1. The summed E-state index contributed by atoms with van der Waals surface area (Å²) in [6.07, 6.45) is 0. The molecule has 3 heterocycles. The lowest BCUT2D eigenvalue weighted by molar-refractivity contribution is 0.0693. The van der Waals surface area contributed by atoms with E-state index in [2.05, 4.69) is 35.3 Å². The van der Waals surface area contributed by atoms with Crippen molar-refractivity contribution in [1.82, 2.24) is 20.3 Å². The number of anilines is 2. The van der Waals surface area contributed by atoms with Crippen LogP contribution in [0.2, 0.25) is 0 Å². The van der Waals surface area contributed by atoms with Gasteiger partial charge < -0.3 is 25.8 Å². The Morgan fingerprint density at radius 1 is 1.06 bits per heavy atom. The molecule has 0 aliphatic heterocycles. The summed E-state index contributed by atoms with van der Waals surface area (Å²) in [5.74, 6) is 3.92. The Morgan fingerprint density at radius 2 is 1.83 bits per heavy atom. The van der Waals surface area contributed by atoms with Crippen molar-refractivity contribution in [3.8, 4) is 17.1 Å². The summed E-state index contributed by atoms with van der Waals surface area (Å²) in [4.78, 5) is 20.0. The SMILES string of the molecule is N/N=C(\c1ccc(-c2ccc(O)c(C(=O)O)c2)o1)c1nc2nonc2nc1Nc1ccccc1F. The number of benzene rings is 2. The van der Waals surface area contributed by atoms with Crippen LogP contribution < -0.4 is 11.2 Å². The Hall–Kier alpha value is -5.33. The summed E-state index contributed by atoms with van der Waals surface area (Å²) in [5.41, 5.74) is 0.419. The van der Waals surface area contributed by atoms with Crippen molar-refractivity contribution in [3.63, 3.8) is 0 Å². The molecular formula is C22H14FN7O5. The van der Waals surface area contributed by atoms with Crippen LogP contribution in [0.25, 0.3) is 22.6 Å². The molecule has 2 aromatic carbocycles. The van der Waals surface area contributed by atoms with Crippen molar-refractivity contribution in [3.05, 3.63) is 77.4 Å². The maximum absolute atomic E-state index is 14.3. The highest BCUT2D eigenvalue weighted by atomic mass is 19.1. The van der Waals surface area contributed by atoms with Crippen LogP contribution in [-0.4, -0.2) is 42.2 Å². The molecular weight excluding hydrogens is 461 g/mol. The molecule has 13 heteroatoms. The first-order valence-corrected chi connectivity index (χ1v) is 9.91. The number of aromatic hydroxyl groups is 1. The number of nitrogens with two attached hydrogens (primary N) is 1. The Kier molecular flexibility index (Phi) is 5.25. The van der Waals surface area contributed by atoms with Crippen molar-refractivity contribution >= 4 is 34.5 Å². The van der Waals surface area contributed by atoms with E-state index in [9.17, 15) is 19.4 Å². The summed E-state index contributed by atoms with van der Waals surface area (Å²) >= 11 is 0. The number of carboxylic acid groups (broad SMARTS) is 1. The third-order valence-corrected chi connectivity index (χ3v) is 4.95. The zero-order valence-electron chi connectivity index (χ0n) is 17.5. The number of fused-ring (bicyclic) bond motifs is 1. The number of nitrogens with one attached hydrogen (secondary N) is 1. The van der Waals surface area contributed by atoms with Crippen LogP contribution in [0.5, 0.6) is 5.75 Å². The first-order chi connectivity index (χ1) is 16.9. The Balaban J connectivity index is 1.58. The van der Waals surface area contributed by atoms with Crippen LogP contribution in [-0.2, 0) is 0 Å². The lowest BCUT2D eigenvalue weighted by Crippen LogP contribution is -2.13. The average Bonchev–Trinajstić information content (AvgIpc) is 3.51. The quantitative estimate of drug-likeness (QED) is 0.160. The van der Waals surface area contributed by atoms with E-state index in [4.69, 9.17) is 10.3 Å². The Bertz CT molecular complexity index is 1610. The van der Waals surface area contributed by atoms with Gasteiger partial charge in [-0.1, -0.05) is 12.1 Å². The first-order valence-electron chi connectivity index (χ1n) is 9.91. The van der Waals surface area contributed by atoms with Crippen molar-refractivity contribution < 1.29 is 28.4 Å². The van der Waals surface area contributed by atoms with Gasteiger partial charge >= 0.3 is 5.97 Å². The lowest BCUT2D eigenvalue weighted by Gasteiger charge is -2.11. The van der Waals surface area contributed by atoms with E-state index in [1.54, 1.807) is 12.1 Å². The minimum atomic E-state index is -1.30. The van der Waals surface area contributed by atoms with Gasteiger partial charge in [0.15, 0.2) is 17.3 Å². The van der Waals surface area contributed by atoms with E-state index in [-0.39, 0.29) is 57.0 Å². The van der Waals surface area contributed by atoms with E-state index in [0.29, 0.717) is 5.56 Å². The number of aromatic carboxylic acids is 1. The van der Waals surface area contributed by atoms with Gasteiger partial charge in [-0.25, -0.2) is 23.8 Å². The van der Waals surface area contributed by atoms with E-state index in [1.165, 1.54) is 42.5 Å². The first kappa shape index (κ1) is 21.5. The minimum Gasteiger partial charge on any atom is -0.507 e. The number of hydrogen-bond acceptors (Lipinski definition) is 11.